The highest BCUT2D eigenvalue weighted by molar-refractivity contribution is 7.59. The van der Waals surface area contributed by atoms with E-state index >= 15 is 0 Å². The number of amidine groups is 1. The minimum absolute atomic E-state index is 0. The number of nitrogens with two attached hydrogens (primary N) is 1. The number of aromatic nitrogens is 4. The Morgan fingerprint density at radius 1 is 1.00 bits per heavy atom. The summed E-state index contributed by atoms with van der Waals surface area (Å²) in [6.45, 7) is 7.04. The molecule has 4 aliphatic rings. The van der Waals surface area contributed by atoms with Gasteiger partial charge in [-0.2, -0.15) is 32.1 Å². The average molecular weight is 582 g/mol. The molecule has 0 unspecified atom stereocenters. The predicted octanol–water partition coefficient (Wildman–Crippen LogP) is 2.65. The first-order chi connectivity index (χ1) is 18.4. The van der Waals surface area contributed by atoms with Gasteiger partial charge in [0.15, 0.2) is 5.84 Å². The largest absolute Gasteiger partial charge is 0.376 e. The van der Waals surface area contributed by atoms with Crippen LogP contribution in [0.3, 0.4) is 0 Å². The first kappa shape index (κ1) is 28.7. The number of hydrogen-bond acceptors (Lipinski definition) is 9. The average Bonchev–Trinajstić information content (AvgIpc) is 3.64. The molecule has 40 heavy (non-hydrogen) atoms. The van der Waals surface area contributed by atoms with Gasteiger partial charge in [-0.15, -0.1) is 0 Å². The fourth-order valence-corrected chi connectivity index (χ4v) is 6.48. The number of aliphatic imine (C=N–C) groups is 1. The highest BCUT2D eigenvalue weighted by atomic mass is 32.1. The Balaban J connectivity index is 0.00000161. The molecule has 6 heterocycles. The zero-order valence-electron chi connectivity index (χ0n) is 23.3. The third-order valence-corrected chi connectivity index (χ3v) is 8.98. The second-order valence-corrected chi connectivity index (χ2v) is 11.2. The smallest absolute Gasteiger partial charge is 0.156 e. The van der Waals surface area contributed by atoms with Gasteiger partial charge in [-0.1, -0.05) is 6.07 Å². The maximum absolute atomic E-state index is 6.52. The Morgan fingerprint density at radius 3 is 2.50 bits per heavy atom. The molecule has 1 spiro atoms. The van der Waals surface area contributed by atoms with Crippen molar-refractivity contribution >= 4 is 50.0 Å². The molecule has 10 nitrogen and oxygen atoms in total. The highest BCUT2D eigenvalue weighted by Gasteiger charge is 2.47. The van der Waals surface area contributed by atoms with Gasteiger partial charge in [0.05, 0.1) is 48.7 Å². The molecule has 0 amide bonds. The van der Waals surface area contributed by atoms with Crippen LogP contribution >= 0.6 is 27.0 Å². The van der Waals surface area contributed by atoms with Gasteiger partial charge < -0.3 is 25.2 Å². The Labute approximate surface area is 249 Å². The van der Waals surface area contributed by atoms with Crippen LogP contribution in [0.1, 0.15) is 31.2 Å². The zero-order valence-corrected chi connectivity index (χ0v) is 25.3. The Bertz CT molecular complexity index is 1420. The first-order valence-electron chi connectivity index (χ1n) is 13.6. The van der Waals surface area contributed by atoms with E-state index in [1.807, 2.05) is 30.3 Å². The van der Waals surface area contributed by atoms with Crippen LogP contribution in [-0.2, 0) is 18.3 Å². The molecule has 214 valence electrons. The lowest BCUT2D eigenvalue weighted by Crippen LogP contribution is -2.50. The number of aryl methyl sites for hydroxylation is 1. The molecule has 0 aliphatic carbocycles. The second-order valence-electron chi connectivity index (χ2n) is 11.2. The van der Waals surface area contributed by atoms with Gasteiger partial charge >= 0.3 is 0 Å². The maximum atomic E-state index is 6.52. The number of piperidine rings is 1. The number of nitrogens with zero attached hydrogens (tertiary/aromatic N) is 8. The quantitative estimate of drug-likeness (QED) is 0.493. The van der Waals surface area contributed by atoms with E-state index in [1.165, 1.54) is 5.69 Å². The summed E-state index contributed by atoms with van der Waals surface area (Å²) in [6.07, 6.45) is 8.07. The first-order valence-corrected chi connectivity index (χ1v) is 13.6. The van der Waals surface area contributed by atoms with Crippen molar-refractivity contribution in [2.75, 3.05) is 54.5 Å². The topological polar surface area (TPSA) is 101 Å². The summed E-state index contributed by atoms with van der Waals surface area (Å²) in [7, 11) is 4.09. The predicted molar refractivity (Wildman–Crippen MR) is 170 cm³/mol. The lowest BCUT2D eigenvalue weighted by Gasteiger charge is -2.41. The van der Waals surface area contributed by atoms with Gasteiger partial charge in [0.25, 0.3) is 0 Å². The van der Waals surface area contributed by atoms with Gasteiger partial charge in [0.1, 0.15) is 11.5 Å². The third-order valence-electron chi connectivity index (χ3n) is 8.98. The summed E-state index contributed by atoms with van der Waals surface area (Å²) < 4.78 is 7.73. The molecule has 0 bridgehead atoms. The molecule has 0 radical (unpaired) electrons. The Hall–Kier alpha value is -2.80. The van der Waals surface area contributed by atoms with E-state index in [0.29, 0.717) is 6.54 Å². The number of ether oxygens (including phenoxy) is 1. The molecule has 4 aliphatic heterocycles. The molecule has 7 rings (SSSR count). The van der Waals surface area contributed by atoms with Crippen LogP contribution in [0.4, 0.5) is 17.2 Å². The molecule has 3 aromatic rings. The SMILES string of the molecule is C[C@@H]1OCC2(CCN(c3cnc4c(n3)CN=C4N3CCN(C)c4cc(-c5cnn(C)c5)ccc43)CC2)[C@@H]1N.S.S. The van der Waals surface area contributed by atoms with Crippen LogP contribution in [0.2, 0.25) is 0 Å². The fraction of sp³-hybridized carbons (Fsp3) is 0.500. The highest BCUT2D eigenvalue weighted by Crippen LogP contribution is 2.42. The van der Waals surface area contributed by atoms with E-state index in [2.05, 4.69) is 52.0 Å². The van der Waals surface area contributed by atoms with Crippen molar-refractivity contribution in [3.05, 3.63) is 48.2 Å². The number of hydrogen-bond donors (Lipinski definition) is 1. The second kappa shape index (κ2) is 10.9. The summed E-state index contributed by atoms with van der Waals surface area (Å²) >= 11 is 0. The third kappa shape index (κ3) is 4.64. The number of likely N-dealkylation sites (N-methyl/N-ethyl adjacent to an activating group) is 1. The van der Waals surface area contributed by atoms with E-state index < -0.39 is 0 Å². The maximum Gasteiger partial charge on any atom is 0.156 e. The zero-order chi connectivity index (χ0) is 26.0. The van der Waals surface area contributed by atoms with E-state index in [-0.39, 0.29) is 44.6 Å². The van der Waals surface area contributed by atoms with Crippen molar-refractivity contribution < 1.29 is 4.74 Å². The number of benzene rings is 1. The van der Waals surface area contributed by atoms with Crippen molar-refractivity contribution in [3.8, 4) is 11.1 Å². The standard InChI is InChI=1S/C28H35N9O.2H2S/c1-18-26(29)28(17-38-18)6-8-36(9-7-28)24-15-30-25-21(33-24)14-31-27(25)37-11-10-34(2)23-12-19(4-5-22(23)37)20-13-32-35(3)16-20;;/h4-5,12-13,15-16,18,26H,6-11,14,17,29H2,1-3H3;2*1H2/t18-,26+;;/m0../s1. The van der Waals surface area contributed by atoms with Crippen LogP contribution < -0.4 is 20.4 Å². The minimum atomic E-state index is 0. The van der Waals surface area contributed by atoms with Crippen LogP contribution in [-0.4, -0.2) is 77.6 Å². The molecule has 1 aromatic carbocycles. The Morgan fingerprint density at radius 2 is 1.80 bits per heavy atom. The van der Waals surface area contributed by atoms with Crippen LogP contribution in [0.5, 0.6) is 0 Å². The molecular weight excluding hydrogens is 543 g/mol. The van der Waals surface area contributed by atoms with Crippen LogP contribution in [0.15, 0.2) is 41.8 Å². The lowest BCUT2D eigenvalue weighted by atomic mass is 9.73. The van der Waals surface area contributed by atoms with Crippen LogP contribution in [0.25, 0.3) is 11.1 Å². The molecule has 2 aromatic heterocycles. The molecule has 2 atom stereocenters. The van der Waals surface area contributed by atoms with Crippen molar-refractivity contribution in [2.45, 2.75) is 38.5 Å². The van der Waals surface area contributed by atoms with Crippen molar-refractivity contribution in [3.63, 3.8) is 0 Å². The van der Waals surface area contributed by atoms with Crippen molar-refractivity contribution in [1.82, 2.24) is 19.7 Å². The Kier molecular flexibility index (Phi) is 7.81. The summed E-state index contributed by atoms with van der Waals surface area (Å²) in [5, 5.41) is 4.34. The summed E-state index contributed by atoms with van der Waals surface area (Å²) in [6, 6.07) is 6.71. The number of fused-ring (bicyclic) bond motifs is 2. The van der Waals surface area contributed by atoms with E-state index in [9.17, 15) is 0 Å². The lowest BCUT2D eigenvalue weighted by molar-refractivity contribution is 0.0974. The summed E-state index contributed by atoms with van der Waals surface area (Å²) in [5.41, 5.74) is 13.1. The summed E-state index contributed by atoms with van der Waals surface area (Å²) in [4.78, 5) is 21.8. The minimum Gasteiger partial charge on any atom is -0.376 e. The fourth-order valence-electron chi connectivity index (χ4n) is 6.48. The van der Waals surface area contributed by atoms with Gasteiger partial charge in [-0.25, -0.2) is 9.97 Å². The van der Waals surface area contributed by atoms with Crippen molar-refractivity contribution in [2.24, 2.45) is 23.2 Å². The molecular formula is C28H39N9OS2. The molecule has 0 saturated carbocycles. The number of rotatable bonds is 2. The molecule has 2 fully saturated rings. The monoisotopic (exact) mass is 581 g/mol. The normalized spacial score (nSPS) is 22.9. The van der Waals surface area contributed by atoms with E-state index in [4.69, 9.17) is 25.4 Å². The van der Waals surface area contributed by atoms with Crippen LogP contribution in [0, 0.1) is 5.41 Å². The van der Waals surface area contributed by atoms with E-state index in [1.54, 1.807) is 0 Å². The van der Waals surface area contributed by atoms with E-state index in [0.717, 1.165) is 85.5 Å². The number of anilines is 3. The molecule has 2 saturated heterocycles. The van der Waals surface area contributed by atoms with Gasteiger partial charge in [0, 0.05) is 63.5 Å². The molecule has 2 N–H and O–H groups in total. The van der Waals surface area contributed by atoms with Gasteiger partial charge in [0.2, 0.25) is 0 Å². The molecule has 12 heteroatoms. The van der Waals surface area contributed by atoms with Gasteiger partial charge in [-0.05, 0) is 37.5 Å². The summed E-state index contributed by atoms with van der Waals surface area (Å²) in [5.74, 6) is 1.86. The van der Waals surface area contributed by atoms with Gasteiger partial charge in [-0.3, -0.25) is 9.67 Å². The van der Waals surface area contributed by atoms with Crippen molar-refractivity contribution in [1.29, 1.82) is 0 Å².